The van der Waals surface area contributed by atoms with Crippen LogP contribution in [0.4, 0.5) is 0 Å². The van der Waals surface area contributed by atoms with Gasteiger partial charge in [0, 0.05) is 52.9 Å². The van der Waals surface area contributed by atoms with Crippen LogP contribution in [0.5, 0.6) is 5.75 Å². The number of amides is 1. The van der Waals surface area contributed by atoms with Crippen molar-refractivity contribution in [2.75, 3.05) is 26.9 Å². The molecule has 0 fully saturated rings. The van der Waals surface area contributed by atoms with E-state index in [0.29, 0.717) is 25.5 Å². The minimum atomic E-state index is -0.134. The molecular formula is C24H26BrNO4. The Morgan fingerprint density at radius 2 is 2.10 bits per heavy atom. The number of rotatable bonds is 9. The first-order valence-corrected chi connectivity index (χ1v) is 10.7. The van der Waals surface area contributed by atoms with E-state index in [2.05, 4.69) is 21.2 Å². The normalized spacial score (nSPS) is 11.7. The number of hydrogen-bond acceptors (Lipinski definition) is 4. The molecule has 0 atom stereocenters. The van der Waals surface area contributed by atoms with Gasteiger partial charge in [-0.25, -0.2) is 0 Å². The number of halogens is 1. The number of carbonyl (C=O) groups excluding carboxylic acids is 1. The molecule has 0 saturated carbocycles. The van der Waals surface area contributed by atoms with Crippen molar-refractivity contribution in [3.8, 4) is 16.9 Å². The topological polar surface area (TPSA) is 60.7 Å². The molecule has 0 unspecified atom stereocenters. The van der Waals surface area contributed by atoms with E-state index in [1.165, 1.54) is 0 Å². The number of furan rings is 1. The van der Waals surface area contributed by atoms with Gasteiger partial charge < -0.3 is 19.2 Å². The minimum absolute atomic E-state index is 0.134. The highest BCUT2D eigenvalue weighted by molar-refractivity contribution is 9.10. The Balaban J connectivity index is 1.88. The maximum Gasteiger partial charge on any atom is 0.244 e. The highest BCUT2D eigenvalue weighted by atomic mass is 79.9. The lowest BCUT2D eigenvalue weighted by Crippen LogP contribution is -2.23. The molecule has 1 aromatic heterocycles. The van der Waals surface area contributed by atoms with Gasteiger partial charge >= 0.3 is 0 Å². The highest BCUT2D eigenvalue weighted by Crippen LogP contribution is 2.37. The molecule has 2 aromatic carbocycles. The third-order valence-corrected chi connectivity index (χ3v) is 5.27. The fraction of sp³-hybridized carbons (Fsp3) is 0.292. The van der Waals surface area contributed by atoms with Gasteiger partial charge in [-0.15, -0.1) is 0 Å². The largest absolute Gasteiger partial charge is 0.496 e. The van der Waals surface area contributed by atoms with E-state index in [1.807, 2.05) is 50.2 Å². The summed E-state index contributed by atoms with van der Waals surface area (Å²) in [6.07, 6.45) is 4.13. The number of nitrogens with one attached hydrogen (secondary N) is 1. The second-order valence-electron chi connectivity index (χ2n) is 6.88. The molecule has 3 rings (SSSR count). The van der Waals surface area contributed by atoms with Crippen LogP contribution >= 0.6 is 15.9 Å². The van der Waals surface area contributed by atoms with Crippen molar-refractivity contribution in [3.63, 3.8) is 0 Å². The van der Waals surface area contributed by atoms with Crippen molar-refractivity contribution in [1.82, 2.24) is 5.32 Å². The number of allylic oxidation sites excluding steroid dienone is 1. The molecule has 0 spiro atoms. The molecule has 30 heavy (non-hydrogen) atoms. The van der Waals surface area contributed by atoms with E-state index in [1.54, 1.807) is 19.4 Å². The van der Waals surface area contributed by atoms with E-state index in [0.717, 1.165) is 44.1 Å². The Morgan fingerprint density at radius 1 is 1.27 bits per heavy atom. The lowest BCUT2D eigenvalue weighted by Gasteiger charge is -2.10. The third kappa shape index (κ3) is 5.32. The van der Waals surface area contributed by atoms with Gasteiger partial charge in [-0.2, -0.15) is 0 Å². The van der Waals surface area contributed by atoms with Gasteiger partial charge in [-0.05, 0) is 49.6 Å². The zero-order valence-electron chi connectivity index (χ0n) is 17.5. The summed E-state index contributed by atoms with van der Waals surface area (Å²) < 4.78 is 17.6. The summed E-state index contributed by atoms with van der Waals surface area (Å²) in [5, 5.41) is 3.86. The number of hydrogen-bond donors (Lipinski definition) is 1. The van der Waals surface area contributed by atoms with Gasteiger partial charge in [0.1, 0.15) is 11.3 Å². The summed E-state index contributed by atoms with van der Waals surface area (Å²) in [7, 11) is 1.61. The quantitative estimate of drug-likeness (QED) is 0.315. The third-order valence-electron chi connectivity index (χ3n) is 4.77. The Hall–Kier alpha value is -2.57. The molecule has 0 aliphatic rings. The molecule has 3 aromatic rings. The fourth-order valence-electron chi connectivity index (χ4n) is 3.27. The van der Waals surface area contributed by atoms with Gasteiger partial charge in [-0.1, -0.05) is 28.1 Å². The van der Waals surface area contributed by atoms with Crippen molar-refractivity contribution >= 4 is 38.4 Å². The van der Waals surface area contributed by atoms with Crippen molar-refractivity contribution in [2.45, 2.75) is 20.3 Å². The van der Waals surface area contributed by atoms with Crippen LogP contribution in [0.15, 0.2) is 57.6 Å². The van der Waals surface area contributed by atoms with Crippen LogP contribution in [-0.4, -0.2) is 32.8 Å². The number of benzene rings is 2. The lowest BCUT2D eigenvalue weighted by atomic mass is 9.99. The van der Waals surface area contributed by atoms with Crippen LogP contribution in [0.2, 0.25) is 0 Å². The second-order valence-corrected chi connectivity index (χ2v) is 7.79. The minimum Gasteiger partial charge on any atom is -0.496 e. The number of ether oxygens (including phenoxy) is 2. The van der Waals surface area contributed by atoms with Gasteiger partial charge in [-0.3, -0.25) is 4.79 Å². The van der Waals surface area contributed by atoms with Crippen LogP contribution in [0.1, 0.15) is 25.8 Å². The predicted molar refractivity (Wildman–Crippen MR) is 124 cm³/mol. The van der Waals surface area contributed by atoms with Crippen LogP contribution in [-0.2, 0) is 9.53 Å². The van der Waals surface area contributed by atoms with Gasteiger partial charge in [0.05, 0.1) is 13.4 Å². The predicted octanol–water partition coefficient (Wildman–Crippen LogP) is 5.82. The molecule has 5 nitrogen and oxygen atoms in total. The average Bonchev–Trinajstić information content (AvgIpc) is 3.15. The van der Waals surface area contributed by atoms with Crippen molar-refractivity contribution < 1.29 is 18.7 Å². The van der Waals surface area contributed by atoms with Crippen molar-refractivity contribution in [2.24, 2.45) is 0 Å². The summed E-state index contributed by atoms with van der Waals surface area (Å²) >= 11 is 3.52. The van der Waals surface area contributed by atoms with Gasteiger partial charge in [0.2, 0.25) is 5.91 Å². The molecule has 1 amide bonds. The van der Waals surface area contributed by atoms with Crippen LogP contribution in [0, 0.1) is 0 Å². The fourth-order valence-corrected chi connectivity index (χ4v) is 3.67. The SMILES string of the molecule is CCOCCCNC(=O)/C=C(\C)c1cc2c(-c3cccc(Br)c3)coc2cc1OC. The first-order chi connectivity index (χ1) is 14.5. The van der Waals surface area contributed by atoms with Gasteiger partial charge in [0.15, 0.2) is 0 Å². The van der Waals surface area contributed by atoms with Crippen molar-refractivity contribution in [3.05, 3.63) is 58.8 Å². The lowest BCUT2D eigenvalue weighted by molar-refractivity contribution is -0.116. The van der Waals surface area contributed by atoms with E-state index < -0.39 is 0 Å². The Morgan fingerprint density at radius 3 is 2.83 bits per heavy atom. The van der Waals surface area contributed by atoms with Crippen LogP contribution < -0.4 is 10.1 Å². The summed E-state index contributed by atoms with van der Waals surface area (Å²) in [5.74, 6) is 0.529. The smallest absolute Gasteiger partial charge is 0.244 e. The van der Waals surface area contributed by atoms with Gasteiger partial charge in [0.25, 0.3) is 0 Å². The summed E-state index contributed by atoms with van der Waals surface area (Å²) in [5.41, 5.74) is 4.44. The van der Waals surface area contributed by atoms with Crippen LogP contribution in [0.25, 0.3) is 27.7 Å². The standard InChI is InChI=1S/C24H26BrNO4/c1-4-29-10-6-9-26-24(27)11-16(2)19-13-20-21(17-7-5-8-18(25)12-17)15-30-23(20)14-22(19)28-3/h5,7-8,11-15H,4,6,9-10H2,1-3H3,(H,26,27)/b16-11+. The Labute approximate surface area is 185 Å². The molecule has 0 saturated heterocycles. The Kier molecular flexibility index (Phi) is 7.71. The molecule has 0 aliphatic heterocycles. The maximum atomic E-state index is 12.3. The first-order valence-electron chi connectivity index (χ1n) is 9.93. The maximum absolute atomic E-state index is 12.3. The van der Waals surface area contributed by atoms with E-state index in [9.17, 15) is 4.79 Å². The van der Waals surface area contributed by atoms with E-state index >= 15 is 0 Å². The molecule has 158 valence electrons. The van der Waals surface area contributed by atoms with E-state index in [-0.39, 0.29) is 5.91 Å². The molecule has 0 radical (unpaired) electrons. The zero-order chi connectivity index (χ0) is 21.5. The molecular weight excluding hydrogens is 446 g/mol. The molecule has 6 heteroatoms. The second kappa shape index (κ2) is 10.5. The number of methoxy groups -OCH3 is 1. The first kappa shape index (κ1) is 22.1. The Bertz CT molecular complexity index is 1050. The molecule has 0 aliphatic carbocycles. The summed E-state index contributed by atoms with van der Waals surface area (Å²) in [4.78, 5) is 12.3. The van der Waals surface area contributed by atoms with Crippen molar-refractivity contribution in [1.29, 1.82) is 0 Å². The summed E-state index contributed by atoms with van der Waals surface area (Å²) in [6.45, 7) is 5.76. The zero-order valence-corrected chi connectivity index (χ0v) is 19.0. The molecule has 1 heterocycles. The molecule has 0 bridgehead atoms. The van der Waals surface area contributed by atoms with Crippen LogP contribution in [0.3, 0.4) is 0 Å². The highest BCUT2D eigenvalue weighted by Gasteiger charge is 2.15. The number of carbonyl (C=O) groups is 1. The average molecular weight is 472 g/mol. The number of fused-ring (bicyclic) bond motifs is 1. The van der Waals surface area contributed by atoms with E-state index in [4.69, 9.17) is 13.9 Å². The monoisotopic (exact) mass is 471 g/mol. The molecule has 1 N–H and O–H groups in total. The summed E-state index contributed by atoms with van der Waals surface area (Å²) in [6, 6.07) is 11.9.